The Hall–Kier alpha value is -2.10. The van der Waals surface area contributed by atoms with Crippen LogP contribution in [0.2, 0.25) is 0 Å². The van der Waals surface area contributed by atoms with Gasteiger partial charge in [-0.25, -0.2) is 0 Å². The maximum absolute atomic E-state index is 8.41. The van der Waals surface area contributed by atoms with Crippen LogP contribution in [-0.4, -0.2) is 16.6 Å². The van der Waals surface area contributed by atoms with Crippen LogP contribution in [0.4, 0.5) is 0 Å². The maximum Gasteiger partial charge on any atom is 0.170 e. The van der Waals surface area contributed by atoms with Gasteiger partial charge in [0.1, 0.15) is 5.69 Å². The van der Waals surface area contributed by atoms with Gasteiger partial charge in [0.25, 0.3) is 0 Å². The third kappa shape index (κ3) is 1.74. The zero-order chi connectivity index (χ0) is 10.7. The first kappa shape index (κ1) is 9.45. The molecule has 0 radical (unpaired) electrons. The number of hydrogen-bond acceptors (Lipinski definition) is 4. The molecule has 0 aliphatic carbocycles. The highest BCUT2D eigenvalue weighted by Gasteiger charge is 2.11. The minimum atomic E-state index is 0.538. The lowest BCUT2D eigenvalue weighted by Crippen LogP contribution is -1.84. The van der Waals surface area contributed by atoms with Crippen molar-refractivity contribution >= 4 is 6.21 Å². The molecule has 15 heavy (non-hydrogen) atoms. The van der Waals surface area contributed by atoms with Gasteiger partial charge in [-0.05, 0) is 6.92 Å². The Morgan fingerprint density at radius 1 is 1.33 bits per heavy atom. The van der Waals surface area contributed by atoms with Crippen LogP contribution < -0.4 is 0 Å². The average Bonchev–Trinajstić information content (AvgIpc) is 2.63. The highest BCUT2D eigenvalue weighted by atomic mass is 16.5. The topological polar surface area (TPSA) is 58.6 Å². The van der Waals surface area contributed by atoms with E-state index in [-0.39, 0.29) is 0 Å². The molecule has 1 heterocycles. The predicted octanol–water partition coefficient (Wildman–Crippen LogP) is 2.46. The first-order valence-corrected chi connectivity index (χ1v) is 4.52. The molecule has 0 bridgehead atoms. The number of aromatic nitrogens is 1. The van der Waals surface area contributed by atoms with Gasteiger partial charge in [0.15, 0.2) is 5.76 Å². The molecule has 2 aromatic rings. The highest BCUT2D eigenvalue weighted by molar-refractivity contribution is 5.81. The molecular weight excluding hydrogens is 192 g/mol. The van der Waals surface area contributed by atoms with Crippen LogP contribution in [0.3, 0.4) is 0 Å². The standard InChI is InChI=1S/C11H10N2O2/c1-8-10(7-12-14)13-15-11(8)9-5-3-2-4-6-9/h2-7,14H,1H3. The second kappa shape index (κ2) is 3.96. The summed E-state index contributed by atoms with van der Waals surface area (Å²) in [5, 5.41) is 15.1. The summed E-state index contributed by atoms with van der Waals surface area (Å²) in [6, 6.07) is 9.67. The molecule has 0 atom stereocenters. The van der Waals surface area contributed by atoms with E-state index in [1.165, 1.54) is 6.21 Å². The Morgan fingerprint density at radius 3 is 2.73 bits per heavy atom. The fourth-order valence-electron chi connectivity index (χ4n) is 1.38. The van der Waals surface area contributed by atoms with E-state index in [9.17, 15) is 0 Å². The molecule has 0 amide bonds. The summed E-state index contributed by atoms with van der Waals surface area (Å²) in [6.45, 7) is 1.87. The second-order valence-corrected chi connectivity index (χ2v) is 3.13. The molecule has 2 rings (SSSR count). The van der Waals surface area contributed by atoms with Crippen LogP contribution in [0.1, 0.15) is 11.3 Å². The van der Waals surface area contributed by atoms with Crippen LogP contribution in [0.5, 0.6) is 0 Å². The monoisotopic (exact) mass is 202 g/mol. The van der Waals surface area contributed by atoms with Crippen molar-refractivity contribution in [2.45, 2.75) is 6.92 Å². The van der Waals surface area contributed by atoms with E-state index in [0.29, 0.717) is 11.5 Å². The molecule has 0 saturated carbocycles. The summed E-state index contributed by atoms with van der Waals surface area (Å²) in [4.78, 5) is 0. The third-order valence-corrected chi connectivity index (χ3v) is 2.18. The Balaban J connectivity index is 2.47. The summed E-state index contributed by atoms with van der Waals surface area (Å²) in [5.74, 6) is 0.700. The Morgan fingerprint density at radius 2 is 2.07 bits per heavy atom. The van der Waals surface area contributed by atoms with Gasteiger partial charge in [0, 0.05) is 11.1 Å². The molecule has 4 nitrogen and oxygen atoms in total. The van der Waals surface area contributed by atoms with Crippen LogP contribution in [0, 0.1) is 6.92 Å². The predicted molar refractivity (Wildman–Crippen MR) is 56.1 cm³/mol. The zero-order valence-electron chi connectivity index (χ0n) is 8.21. The Kier molecular flexibility index (Phi) is 2.49. The highest BCUT2D eigenvalue weighted by Crippen LogP contribution is 2.24. The first-order valence-electron chi connectivity index (χ1n) is 4.52. The van der Waals surface area contributed by atoms with E-state index < -0.39 is 0 Å². The smallest absolute Gasteiger partial charge is 0.170 e. The summed E-state index contributed by atoms with van der Waals surface area (Å²) in [6.07, 6.45) is 1.26. The molecule has 0 unspecified atom stereocenters. The quantitative estimate of drug-likeness (QED) is 0.462. The molecule has 0 saturated heterocycles. The van der Waals surface area contributed by atoms with Gasteiger partial charge < -0.3 is 9.73 Å². The fraction of sp³-hybridized carbons (Fsp3) is 0.0909. The average molecular weight is 202 g/mol. The number of hydrogen-bond donors (Lipinski definition) is 1. The van der Waals surface area contributed by atoms with Crippen molar-refractivity contribution in [1.29, 1.82) is 0 Å². The van der Waals surface area contributed by atoms with E-state index in [4.69, 9.17) is 9.73 Å². The molecule has 1 aromatic heterocycles. The second-order valence-electron chi connectivity index (χ2n) is 3.13. The molecule has 4 heteroatoms. The third-order valence-electron chi connectivity index (χ3n) is 2.18. The lowest BCUT2D eigenvalue weighted by molar-refractivity contribution is 0.321. The molecular formula is C11H10N2O2. The van der Waals surface area contributed by atoms with Crippen LogP contribution in [0.15, 0.2) is 40.0 Å². The summed E-state index contributed by atoms with van der Waals surface area (Å²) < 4.78 is 5.18. The molecule has 0 aliphatic heterocycles. The maximum atomic E-state index is 8.41. The number of benzene rings is 1. The zero-order valence-corrected chi connectivity index (χ0v) is 8.21. The van der Waals surface area contributed by atoms with E-state index in [1.807, 2.05) is 37.3 Å². The van der Waals surface area contributed by atoms with Gasteiger partial charge in [-0.3, -0.25) is 0 Å². The minimum absolute atomic E-state index is 0.538. The van der Waals surface area contributed by atoms with E-state index in [2.05, 4.69) is 10.3 Å². The molecule has 0 spiro atoms. The fourth-order valence-corrected chi connectivity index (χ4v) is 1.38. The van der Waals surface area contributed by atoms with Crippen LogP contribution in [0.25, 0.3) is 11.3 Å². The van der Waals surface area contributed by atoms with E-state index in [0.717, 1.165) is 11.1 Å². The van der Waals surface area contributed by atoms with Gasteiger partial charge in [-0.2, -0.15) is 0 Å². The van der Waals surface area contributed by atoms with Crippen molar-refractivity contribution in [3.8, 4) is 11.3 Å². The summed E-state index contributed by atoms with van der Waals surface area (Å²) in [7, 11) is 0. The molecule has 0 aliphatic rings. The van der Waals surface area contributed by atoms with Gasteiger partial charge in [0.05, 0.1) is 6.21 Å². The van der Waals surface area contributed by atoms with Gasteiger partial charge in [0.2, 0.25) is 0 Å². The first-order chi connectivity index (χ1) is 7.33. The van der Waals surface area contributed by atoms with Crippen molar-refractivity contribution < 1.29 is 9.73 Å². The summed E-state index contributed by atoms with van der Waals surface area (Å²) in [5.41, 5.74) is 2.36. The van der Waals surface area contributed by atoms with E-state index in [1.54, 1.807) is 0 Å². The lowest BCUT2D eigenvalue weighted by atomic mass is 10.1. The number of rotatable bonds is 2. The summed E-state index contributed by atoms with van der Waals surface area (Å²) >= 11 is 0. The largest absolute Gasteiger partial charge is 0.411 e. The number of nitrogens with zero attached hydrogens (tertiary/aromatic N) is 2. The van der Waals surface area contributed by atoms with Crippen molar-refractivity contribution in [2.24, 2.45) is 5.16 Å². The molecule has 1 aromatic carbocycles. The Labute approximate surface area is 86.8 Å². The molecule has 1 N–H and O–H groups in total. The van der Waals surface area contributed by atoms with Crippen molar-refractivity contribution in [3.63, 3.8) is 0 Å². The minimum Gasteiger partial charge on any atom is -0.411 e. The van der Waals surface area contributed by atoms with Crippen LogP contribution >= 0.6 is 0 Å². The van der Waals surface area contributed by atoms with Crippen molar-refractivity contribution in [2.75, 3.05) is 0 Å². The molecule has 0 fully saturated rings. The Bertz CT molecular complexity index is 475. The van der Waals surface area contributed by atoms with E-state index >= 15 is 0 Å². The van der Waals surface area contributed by atoms with Crippen molar-refractivity contribution in [3.05, 3.63) is 41.6 Å². The van der Waals surface area contributed by atoms with Crippen LogP contribution in [-0.2, 0) is 0 Å². The van der Waals surface area contributed by atoms with Gasteiger partial charge >= 0.3 is 0 Å². The number of oxime groups is 1. The normalized spacial score (nSPS) is 11.0. The van der Waals surface area contributed by atoms with Gasteiger partial charge in [-0.15, -0.1) is 0 Å². The van der Waals surface area contributed by atoms with Crippen molar-refractivity contribution in [1.82, 2.24) is 5.16 Å². The molecule has 76 valence electrons. The lowest BCUT2D eigenvalue weighted by Gasteiger charge is -1.95. The van der Waals surface area contributed by atoms with Gasteiger partial charge in [-0.1, -0.05) is 40.6 Å². The SMILES string of the molecule is Cc1c(C=NO)noc1-c1ccccc1.